The molecule has 1 aromatic carbocycles. The number of nitrogens with zero attached hydrogens (tertiary/aromatic N) is 5. The van der Waals surface area contributed by atoms with Crippen molar-refractivity contribution in [2.75, 3.05) is 18.4 Å². The Morgan fingerprint density at radius 1 is 1.16 bits per heavy atom. The zero-order valence-corrected chi connectivity index (χ0v) is 18.2. The molecule has 1 fully saturated rings. The molecule has 4 rings (SSSR count). The first-order valence-corrected chi connectivity index (χ1v) is 10.7. The molecule has 1 saturated heterocycles. The predicted octanol–water partition coefficient (Wildman–Crippen LogP) is 3.22. The minimum atomic E-state index is -0.143. The third kappa shape index (κ3) is 4.23. The molecule has 0 atom stereocenters. The predicted molar refractivity (Wildman–Crippen MR) is 118 cm³/mol. The molecule has 0 saturated carbocycles. The van der Waals surface area contributed by atoms with Gasteiger partial charge in [0.05, 0.1) is 17.9 Å². The summed E-state index contributed by atoms with van der Waals surface area (Å²) in [7, 11) is 1.81. The number of hydrogen-bond acceptors (Lipinski definition) is 4. The second-order valence-electron chi connectivity index (χ2n) is 7.95. The largest absolute Gasteiger partial charge is 0.337 e. The maximum Gasteiger partial charge on any atom is 0.272 e. The molecule has 8 nitrogen and oxygen atoms in total. The minimum Gasteiger partial charge on any atom is -0.337 e. The average Bonchev–Trinajstić information content (AvgIpc) is 3.39. The first-order chi connectivity index (χ1) is 15.0. The van der Waals surface area contributed by atoms with Gasteiger partial charge in [0.1, 0.15) is 11.5 Å². The Labute approximate surface area is 181 Å². The molecule has 2 amide bonds. The third-order valence-corrected chi connectivity index (χ3v) is 5.91. The quantitative estimate of drug-likeness (QED) is 0.687. The molecule has 162 valence electrons. The van der Waals surface area contributed by atoms with Crippen LogP contribution in [0.3, 0.4) is 0 Å². The van der Waals surface area contributed by atoms with Crippen molar-refractivity contribution in [1.82, 2.24) is 24.5 Å². The summed E-state index contributed by atoms with van der Waals surface area (Å²) in [5, 5.41) is 11.8. The van der Waals surface area contributed by atoms with E-state index in [1.807, 2.05) is 66.9 Å². The van der Waals surface area contributed by atoms with E-state index in [0.29, 0.717) is 30.2 Å². The summed E-state index contributed by atoms with van der Waals surface area (Å²) >= 11 is 0. The molecule has 31 heavy (non-hydrogen) atoms. The molecule has 8 heteroatoms. The SMILES string of the molecule is CCc1cc(C(=O)N2CCC(n3nccc3NC(=O)c3ccccc3C)CC2)n(C)n1. The third-order valence-electron chi connectivity index (χ3n) is 5.91. The number of likely N-dealkylation sites (tertiary alicyclic amines) is 1. The summed E-state index contributed by atoms with van der Waals surface area (Å²) in [6.45, 7) is 5.23. The highest BCUT2D eigenvalue weighted by atomic mass is 16.2. The summed E-state index contributed by atoms with van der Waals surface area (Å²) in [6.07, 6.45) is 4.06. The van der Waals surface area contributed by atoms with Gasteiger partial charge in [-0.15, -0.1) is 0 Å². The van der Waals surface area contributed by atoms with Gasteiger partial charge >= 0.3 is 0 Å². The van der Waals surface area contributed by atoms with E-state index in [4.69, 9.17) is 0 Å². The Kier molecular flexibility index (Phi) is 5.88. The van der Waals surface area contributed by atoms with E-state index in [-0.39, 0.29) is 17.9 Å². The van der Waals surface area contributed by atoms with Gasteiger partial charge in [-0.2, -0.15) is 10.2 Å². The minimum absolute atomic E-state index is 0.0155. The number of aromatic nitrogens is 4. The summed E-state index contributed by atoms with van der Waals surface area (Å²) < 4.78 is 3.54. The van der Waals surface area contributed by atoms with Crippen LogP contribution in [0.1, 0.15) is 57.9 Å². The highest BCUT2D eigenvalue weighted by molar-refractivity contribution is 6.04. The molecule has 0 spiro atoms. The number of hydrogen-bond donors (Lipinski definition) is 1. The van der Waals surface area contributed by atoms with Crippen LogP contribution < -0.4 is 5.32 Å². The van der Waals surface area contributed by atoms with Crippen molar-refractivity contribution < 1.29 is 9.59 Å². The van der Waals surface area contributed by atoms with Gasteiger partial charge < -0.3 is 10.2 Å². The molecule has 0 radical (unpaired) electrons. The highest BCUT2D eigenvalue weighted by Crippen LogP contribution is 2.26. The lowest BCUT2D eigenvalue weighted by molar-refractivity contribution is 0.0680. The summed E-state index contributed by atoms with van der Waals surface area (Å²) in [6, 6.07) is 11.3. The van der Waals surface area contributed by atoms with E-state index in [2.05, 4.69) is 15.5 Å². The van der Waals surface area contributed by atoms with Gasteiger partial charge in [0.2, 0.25) is 0 Å². The van der Waals surface area contributed by atoms with Gasteiger partial charge in [0.25, 0.3) is 11.8 Å². The van der Waals surface area contributed by atoms with Crippen molar-refractivity contribution in [2.45, 2.75) is 39.2 Å². The highest BCUT2D eigenvalue weighted by Gasteiger charge is 2.28. The van der Waals surface area contributed by atoms with Gasteiger partial charge in [-0.25, -0.2) is 4.68 Å². The van der Waals surface area contributed by atoms with Crippen molar-refractivity contribution in [3.8, 4) is 0 Å². The van der Waals surface area contributed by atoms with Gasteiger partial charge in [0.15, 0.2) is 0 Å². The van der Waals surface area contributed by atoms with Crippen molar-refractivity contribution in [3.63, 3.8) is 0 Å². The molecule has 1 aliphatic heterocycles. The lowest BCUT2D eigenvalue weighted by atomic mass is 10.0. The molecular formula is C23H28N6O2. The van der Waals surface area contributed by atoms with Gasteiger partial charge in [0, 0.05) is 31.8 Å². The number of carbonyl (C=O) groups excluding carboxylic acids is 2. The number of amides is 2. The van der Waals surface area contributed by atoms with E-state index in [1.54, 1.807) is 10.9 Å². The Morgan fingerprint density at radius 2 is 1.90 bits per heavy atom. The molecule has 2 aromatic heterocycles. The maximum absolute atomic E-state index is 12.9. The molecule has 3 heterocycles. The lowest BCUT2D eigenvalue weighted by Crippen LogP contribution is -2.40. The number of nitrogens with one attached hydrogen (secondary N) is 1. The summed E-state index contributed by atoms with van der Waals surface area (Å²) in [4.78, 5) is 27.5. The van der Waals surface area contributed by atoms with Crippen LogP contribution in [0.5, 0.6) is 0 Å². The van der Waals surface area contributed by atoms with Gasteiger partial charge in [-0.3, -0.25) is 14.3 Å². The number of piperidine rings is 1. The monoisotopic (exact) mass is 420 g/mol. The zero-order chi connectivity index (χ0) is 22.0. The summed E-state index contributed by atoms with van der Waals surface area (Å²) in [5.41, 5.74) is 3.13. The average molecular weight is 421 g/mol. The van der Waals surface area contributed by atoms with E-state index in [9.17, 15) is 9.59 Å². The Bertz CT molecular complexity index is 1090. The smallest absolute Gasteiger partial charge is 0.272 e. The number of aryl methyl sites for hydroxylation is 3. The number of carbonyl (C=O) groups is 2. The second-order valence-corrected chi connectivity index (χ2v) is 7.95. The number of benzene rings is 1. The zero-order valence-electron chi connectivity index (χ0n) is 18.2. The van der Waals surface area contributed by atoms with Crippen LogP contribution in [0.4, 0.5) is 5.82 Å². The second kappa shape index (κ2) is 8.75. The number of rotatable bonds is 5. The van der Waals surface area contributed by atoms with Crippen molar-refractivity contribution in [1.29, 1.82) is 0 Å². The van der Waals surface area contributed by atoms with E-state index >= 15 is 0 Å². The topological polar surface area (TPSA) is 85.0 Å². The van der Waals surface area contributed by atoms with Crippen LogP contribution in [0.15, 0.2) is 42.6 Å². The molecule has 1 N–H and O–H groups in total. The number of anilines is 1. The Hall–Kier alpha value is -3.42. The standard InChI is InChI=1S/C23H28N6O2/c1-4-17-15-20(27(3)26-17)23(31)28-13-10-18(11-14-28)29-21(9-12-24-29)25-22(30)19-8-6-5-7-16(19)2/h5-9,12,15,18H,4,10-11,13-14H2,1-3H3,(H,25,30). The van der Waals surface area contributed by atoms with E-state index in [0.717, 1.165) is 30.5 Å². The van der Waals surface area contributed by atoms with Crippen molar-refractivity contribution in [2.24, 2.45) is 7.05 Å². The molecule has 0 aliphatic carbocycles. The van der Waals surface area contributed by atoms with Crippen molar-refractivity contribution >= 4 is 17.6 Å². The van der Waals surface area contributed by atoms with Crippen molar-refractivity contribution in [3.05, 3.63) is 65.1 Å². The lowest BCUT2D eigenvalue weighted by Gasteiger charge is -2.32. The van der Waals surface area contributed by atoms with E-state index in [1.165, 1.54) is 0 Å². The fourth-order valence-corrected chi connectivity index (χ4v) is 4.09. The fourth-order valence-electron chi connectivity index (χ4n) is 4.09. The first kappa shape index (κ1) is 20.8. The fraction of sp³-hybridized carbons (Fsp3) is 0.391. The van der Waals surface area contributed by atoms with Crippen LogP contribution in [-0.2, 0) is 13.5 Å². The molecule has 1 aliphatic rings. The first-order valence-electron chi connectivity index (χ1n) is 10.7. The summed E-state index contributed by atoms with van der Waals surface area (Å²) in [5.74, 6) is 0.550. The molecular weight excluding hydrogens is 392 g/mol. The van der Waals surface area contributed by atoms with E-state index < -0.39 is 0 Å². The van der Waals surface area contributed by atoms with Crippen LogP contribution in [-0.4, -0.2) is 49.4 Å². The molecule has 3 aromatic rings. The normalized spacial score (nSPS) is 14.6. The van der Waals surface area contributed by atoms with Crippen LogP contribution in [0, 0.1) is 6.92 Å². The molecule has 0 unspecified atom stereocenters. The van der Waals surface area contributed by atoms with Crippen LogP contribution in [0.25, 0.3) is 0 Å². The van der Waals surface area contributed by atoms with Gasteiger partial charge in [-0.1, -0.05) is 25.1 Å². The molecule has 0 bridgehead atoms. The van der Waals surface area contributed by atoms with Crippen LogP contribution in [0.2, 0.25) is 0 Å². The maximum atomic E-state index is 12.9. The Balaban J connectivity index is 1.41. The Morgan fingerprint density at radius 3 is 2.58 bits per heavy atom. The van der Waals surface area contributed by atoms with Crippen LogP contribution >= 0.6 is 0 Å². The van der Waals surface area contributed by atoms with Gasteiger partial charge in [-0.05, 0) is 43.9 Å².